The van der Waals surface area contributed by atoms with Crippen LogP contribution in [-0.4, -0.2) is 22.8 Å². The molecule has 0 saturated heterocycles. The van der Waals surface area contributed by atoms with E-state index in [1.54, 1.807) is 17.5 Å². The summed E-state index contributed by atoms with van der Waals surface area (Å²) >= 11 is 12.9. The number of rotatable bonds is 5. The van der Waals surface area contributed by atoms with Crippen LogP contribution in [0.4, 0.5) is 5.13 Å². The average molecular weight is 372 g/mol. The van der Waals surface area contributed by atoms with Crippen molar-refractivity contribution in [1.29, 1.82) is 0 Å². The zero-order chi connectivity index (χ0) is 17.0. The molecule has 8 heteroatoms. The maximum absolute atomic E-state index is 12.1. The number of carbonyl (C=O) groups is 2. The van der Waals surface area contributed by atoms with E-state index in [4.69, 9.17) is 23.2 Å². The summed E-state index contributed by atoms with van der Waals surface area (Å²) in [5, 5.41) is 8.07. The van der Waals surface area contributed by atoms with Gasteiger partial charge in [-0.25, -0.2) is 4.98 Å². The summed E-state index contributed by atoms with van der Waals surface area (Å²) in [6.07, 6.45) is 0.830. The first-order chi connectivity index (χ1) is 10.9. The molecular formula is C15H15Cl2N3O2S. The van der Waals surface area contributed by atoms with Gasteiger partial charge < -0.3 is 5.32 Å². The highest BCUT2D eigenvalue weighted by Crippen LogP contribution is 2.23. The van der Waals surface area contributed by atoms with Crippen LogP contribution in [0, 0.1) is 0 Å². The van der Waals surface area contributed by atoms with Crippen molar-refractivity contribution in [1.82, 2.24) is 10.3 Å². The number of nitrogens with one attached hydrogen (secondary N) is 2. The van der Waals surface area contributed by atoms with Crippen molar-refractivity contribution in [3.63, 3.8) is 0 Å². The fraction of sp³-hybridized carbons (Fsp3) is 0.267. The molecule has 122 valence electrons. The monoisotopic (exact) mass is 371 g/mol. The normalized spacial score (nSPS) is 11.8. The van der Waals surface area contributed by atoms with Crippen LogP contribution >= 0.6 is 34.5 Å². The Morgan fingerprint density at radius 3 is 2.65 bits per heavy atom. The average Bonchev–Trinajstić information content (AvgIpc) is 2.98. The topological polar surface area (TPSA) is 71.1 Å². The molecule has 0 aliphatic carbocycles. The maximum atomic E-state index is 12.1. The van der Waals surface area contributed by atoms with Gasteiger partial charge in [0.15, 0.2) is 5.13 Å². The van der Waals surface area contributed by atoms with Crippen molar-refractivity contribution in [3.8, 4) is 0 Å². The van der Waals surface area contributed by atoms with E-state index in [0.29, 0.717) is 20.7 Å². The largest absolute Gasteiger partial charge is 0.348 e. The molecule has 5 nitrogen and oxygen atoms in total. The molecule has 0 aliphatic rings. The second-order valence-corrected chi connectivity index (χ2v) is 6.58. The Bertz CT molecular complexity index is 733. The lowest BCUT2D eigenvalue weighted by Crippen LogP contribution is -2.32. The van der Waals surface area contributed by atoms with Gasteiger partial charge in [-0.1, -0.05) is 30.1 Å². The molecule has 2 amide bonds. The van der Waals surface area contributed by atoms with Crippen LogP contribution in [-0.2, 0) is 0 Å². The summed E-state index contributed by atoms with van der Waals surface area (Å²) in [4.78, 5) is 28.2. The molecule has 2 N–H and O–H groups in total. The zero-order valence-electron chi connectivity index (χ0n) is 12.5. The molecule has 1 aromatic heterocycles. The van der Waals surface area contributed by atoms with E-state index >= 15 is 0 Å². The van der Waals surface area contributed by atoms with Crippen LogP contribution in [0.2, 0.25) is 10.0 Å². The number of anilines is 1. The fourth-order valence-electron chi connectivity index (χ4n) is 1.64. The molecular weight excluding hydrogens is 357 g/mol. The van der Waals surface area contributed by atoms with Gasteiger partial charge >= 0.3 is 0 Å². The molecule has 0 fully saturated rings. The van der Waals surface area contributed by atoms with Crippen molar-refractivity contribution in [2.45, 2.75) is 26.3 Å². The molecule has 1 atom stereocenters. The fourth-order valence-corrected chi connectivity index (χ4v) is 2.63. The van der Waals surface area contributed by atoms with Gasteiger partial charge in [0.05, 0.1) is 10.0 Å². The Kier molecular flexibility index (Phi) is 5.98. The van der Waals surface area contributed by atoms with Crippen molar-refractivity contribution in [2.75, 3.05) is 5.32 Å². The first kappa shape index (κ1) is 17.7. The molecule has 2 rings (SSSR count). The lowest BCUT2D eigenvalue weighted by atomic mass is 10.2. The van der Waals surface area contributed by atoms with E-state index < -0.39 is 0 Å². The lowest BCUT2D eigenvalue weighted by molar-refractivity contribution is 0.0933. The first-order valence-electron chi connectivity index (χ1n) is 6.93. The molecule has 23 heavy (non-hydrogen) atoms. The first-order valence-corrected chi connectivity index (χ1v) is 8.57. The molecule has 0 saturated carbocycles. The van der Waals surface area contributed by atoms with Gasteiger partial charge in [0.25, 0.3) is 11.8 Å². The predicted molar refractivity (Wildman–Crippen MR) is 93.7 cm³/mol. The number of halogens is 2. The van der Waals surface area contributed by atoms with Crippen molar-refractivity contribution in [3.05, 3.63) is 44.9 Å². The van der Waals surface area contributed by atoms with E-state index in [1.807, 2.05) is 13.8 Å². The minimum atomic E-state index is -0.369. The Balaban J connectivity index is 2.05. The third-order valence-corrected chi connectivity index (χ3v) is 4.63. The highest BCUT2D eigenvalue weighted by molar-refractivity contribution is 7.14. The smallest absolute Gasteiger partial charge is 0.271 e. The Morgan fingerprint density at radius 1 is 1.26 bits per heavy atom. The quantitative estimate of drug-likeness (QED) is 0.825. The number of benzene rings is 1. The van der Waals surface area contributed by atoms with E-state index in [9.17, 15) is 9.59 Å². The number of nitrogens with zero attached hydrogens (tertiary/aromatic N) is 1. The second-order valence-electron chi connectivity index (χ2n) is 4.90. The third kappa shape index (κ3) is 4.67. The molecule has 0 unspecified atom stereocenters. The summed E-state index contributed by atoms with van der Waals surface area (Å²) in [5.74, 6) is -0.627. The summed E-state index contributed by atoms with van der Waals surface area (Å²) < 4.78 is 0. The van der Waals surface area contributed by atoms with Crippen LogP contribution in [0.15, 0.2) is 23.6 Å². The lowest BCUT2D eigenvalue weighted by Gasteiger charge is -2.09. The van der Waals surface area contributed by atoms with Gasteiger partial charge in [-0.3, -0.25) is 14.9 Å². The highest BCUT2D eigenvalue weighted by Gasteiger charge is 2.15. The SMILES string of the molecule is CC[C@@H](C)NC(=O)c1csc(NC(=O)c2ccc(Cl)c(Cl)c2)n1. The van der Waals surface area contributed by atoms with Gasteiger partial charge in [0, 0.05) is 17.0 Å². The molecule has 2 aromatic rings. The van der Waals surface area contributed by atoms with E-state index in [-0.39, 0.29) is 23.6 Å². The van der Waals surface area contributed by atoms with Crippen molar-refractivity contribution in [2.24, 2.45) is 0 Å². The van der Waals surface area contributed by atoms with Crippen molar-refractivity contribution < 1.29 is 9.59 Å². The highest BCUT2D eigenvalue weighted by atomic mass is 35.5. The summed E-state index contributed by atoms with van der Waals surface area (Å²) in [6.45, 7) is 3.89. The van der Waals surface area contributed by atoms with Gasteiger partial charge in [-0.05, 0) is 31.5 Å². The number of thiazole rings is 1. The van der Waals surface area contributed by atoms with E-state index in [0.717, 1.165) is 6.42 Å². The summed E-state index contributed by atoms with van der Waals surface area (Å²) in [6, 6.07) is 4.65. The molecule has 1 aromatic carbocycles. The number of hydrogen-bond acceptors (Lipinski definition) is 4. The number of aromatic nitrogens is 1. The molecule has 0 aliphatic heterocycles. The van der Waals surface area contributed by atoms with E-state index in [2.05, 4.69) is 15.6 Å². The minimum Gasteiger partial charge on any atom is -0.348 e. The number of carbonyl (C=O) groups excluding carboxylic acids is 2. The standard InChI is InChI=1S/C15H15Cl2N3O2S/c1-3-8(2)18-14(22)12-7-23-15(19-12)20-13(21)9-4-5-10(16)11(17)6-9/h4-8H,3H2,1-2H3,(H,18,22)(H,19,20,21)/t8-/m1/s1. The predicted octanol–water partition coefficient (Wildman–Crippen LogP) is 4.23. The molecule has 1 heterocycles. The van der Waals surface area contributed by atoms with Crippen LogP contribution in [0.25, 0.3) is 0 Å². The summed E-state index contributed by atoms with van der Waals surface area (Å²) in [5.41, 5.74) is 0.639. The molecule has 0 bridgehead atoms. The zero-order valence-corrected chi connectivity index (χ0v) is 14.9. The van der Waals surface area contributed by atoms with Crippen molar-refractivity contribution >= 4 is 51.5 Å². The molecule has 0 radical (unpaired) electrons. The summed E-state index contributed by atoms with van der Waals surface area (Å²) in [7, 11) is 0. The second kappa shape index (κ2) is 7.77. The minimum absolute atomic E-state index is 0.0680. The number of hydrogen-bond donors (Lipinski definition) is 2. The van der Waals surface area contributed by atoms with Crippen LogP contribution in [0.1, 0.15) is 41.1 Å². The van der Waals surface area contributed by atoms with Gasteiger partial charge in [-0.15, -0.1) is 11.3 Å². The van der Waals surface area contributed by atoms with Crippen LogP contribution < -0.4 is 10.6 Å². The van der Waals surface area contributed by atoms with Crippen LogP contribution in [0.3, 0.4) is 0 Å². The molecule has 0 spiro atoms. The Morgan fingerprint density at radius 2 is 2.00 bits per heavy atom. The van der Waals surface area contributed by atoms with Gasteiger partial charge in [-0.2, -0.15) is 0 Å². The van der Waals surface area contributed by atoms with E-state index in [1.165, 1.54) is 17.4 Å². The van der Waals surface area contributed by atoms with Gasteiger partial charge in [0.1, 0.15) is 5.69 Å². The van der Waals surface area contributed by atoms with Gasteiger partial charge in [0.2, 0.25) is 0 Å². The Labute approximate surface area is 148 Å². The third-order valence-electron chi connectivity index (χ3n) is 3.13. The van der Waals surface area contributed by atoms with Crippen LogP contribution in [0.5, 0.6) is 0 Å². The maximum Gasteiger partial charge on any atom is 0.271 e. The number of amides is 2. The Hall–Kier alpha value is -1.63.